The van der Waals surface area contributed by atoms with Crippen molar-refractivity contribution in [3.63, 3.8) is 0 Å². The molecule has 0 radical (unpaired) electrons. The van der Waals surface area contributed by atoms with Crippen LogP contribution in [0, 0.1) is 5.82 Å². The number of anilines is 1. The van der Waals surface area contributed by atoms with Crippen molar-refractivity contribution in [3.05, 3.63) is 59.9 Å². The molecule has 26 heavy (non-hydrogen) atoms. The van der Waals surface area contributed by atoms with Gasteiger partial charge in [-0.05, 0) is 37.6 Å². The lowest BCUT2D eigenvalue weighted by Gasteiger charge is -2.19. The molecule has 0 unspecified atom stereocenters. The Labute approximate surface area is 157 Å². The van der Waals surface area contributed by atoms with Crippen molar-refractivity contribution in [2.24, 2.45) is 0 Å². The van der Waals surface area contributed by atoms with Crippen molar-refractivity contribution in [1.82, 2.24) is 5.32 Å². The fraction of sp³-hybridized carbons (Fsp3) is 0.300. The van der Waals surface area contributed by atoms with Gasteiger partial charge in [0.1, 0.15) is 5.82 Å². The molecule has 1 N–H and O–H groups in total. The summed E-state index contributed by atoms with van der Waals surface area (Å²) in [5, 5.41) is 2.85. The Morgan fingerprint density at radius 3 is 2.54 bits per heavy atom. The van der Waals surface area contributed by atoms with Crippen LogP contribution in [0.2, 0.25) is 0 Å². The van der Waals surface area contributed by atoms with E-state index < -0.39 is 5.82 Å². The third-order valence-electron chi connectivity index (χ3n) is 3.89. The van der Waals surface area contributed by atoms with Gasteiger partial charge in [-0.15, -0.1) is 11.8 Å². The Morgan fingerprint density at radius 2 is 1.88 bits per heavy atom. The maximum Gasteiger partial charge on any atom is 0.230 e. The molecule has 0 saturated heterocycles. The van der Waals surface area contributed by atoms with Gasteiger partial charge >= 0.3 is 0 Å². The SMILES string of the molecule is CC(=O)c1ccc(SCC(=O)NCCCN(C)c2ccccc2)c(F)c1. The van der Waals surface area contributed by atoms with Crippen molar-refractivity contribution in [2.45, 2.75) is 18.2 Å². The average molecular weight is 374 g/mol. The van der Waals surface area contributed by atoms with Gasteiger partial charge in [-0.25, -0.2) is 4.39 Å². The van der Waals surface area contributed by atoms with E-state index in [1.807, 2.05) is 37.4 Å². The van der Waals surface area contributed by atoms with Gasteiger partial charge in [0.2, 0.25) is 5.91 Å². The average Bonchev–Trinajstić information content (AvgIpc) is 2.64. The number of amides is 1. The van der Waals surface area contributed by atoms with E-state index in [1.165, 1.54) is 13.0 Å². The Hall–Kier alpha value is -2.34. The number of halogens is 1. The fourth-order valence-corrected chi connectivity index (χ4v) is 3.14. The van der Waals surface area contributed by atoms with E-state index in [0.717, 1.165) is 30.4 Å². The normalized spacial score (nSPS) is 10.4. The van der Waals surface area contributed by atoms with Gasteiger partial charge < -0.3 is 10.2 Å². The van der Waals surface area contributed by atoms with Gasteiger partial charge in [0.15, 0.2) is 5.78 Å². The fourth-order valence-electron chi connectivity index (χ4n) is 2.39. The van der Waals surface area contributed by atoms with E-state index in [1.54, 1.807) is 12.1 Å². The van der Waals surface area contributed by atoms with Gasteiger partial charge in [0.05, 0.1) is 5.75 Å². The smallest absolute Gasteiger partial charge is 0.230 e. The molecule has 4 nitrogen and oxygen atoms in total. The zero-order chi connectivity index (χ0) is 18.9. The van der Waals surface area contributed by atoms with E-state index in [4.69, 9.17) is 0 Å². The van der Waals surface area contributed by atoms with Crippen LogP contribution in [0.3, 0.4) is 0 Å². The molecule has 1 amide bonds. The molecule has 0 heterocycles. The Kier molecular flexibility index (Phi) is 7.66. The summed E-state index contributed by atoms with van der Waals surface area (Å²) in [5.74, 6) is -0.642. The predicted octanol–water partition coefficient (Wildman–Crippen LogP) is 3.76. The molecule has 6 heteroatoms. The van der Waals surface area contributed by atoms with Crippen LogP contribution < -0.4 is 10.2 Å². The molecule has 0 saturated carbocycles. The molecular weight excluding hydrogens is 351 g/mol. The number of carbonyl (C=O) groups is 2. The summed E-state index contributed by atoms with van der Waals surface area (Å²) >= 11 is 1.13. The topological polar surface area (TPSA) is 49.4 Å². The first-order valence-electron chi connectivity index (χ1n) is 8.43. The second-order valence-corrected chi connectivity index (χ2v) is 6.97. The second-order valence-electron chi connectivity index (χ2n) is 5.95. The van der Waals surface area contributed by atoms with Gasteiger partial charge in [-0.3, -0.25) is 9.59 Å². The van der Waals surface area contributed by atoms with E-state index in [9.17, 15) is 14.0 Å². The Balaban J connectivity index is 1.68. The number of hydrogen-bond acceptors (Lipinski definition) is 4. The number of carbonyl (C=O) groups excluding carboxylic acids is 2. The number of hydrogen-bond donors (Lipinski definition) is 1. The minimum atomic E-state index is -0.472. The zero-order valence-electron chi connectivity index (χ0n) is 15.0. The van der Waals surface area contributed by atoms with Crippen molar-refractivity contribution in [1.29, 1.82) is 0 Å². The lowest BCUT2D eigenvalue weighted by molar-refractivity contribution is -0.118. The van der Waals surface area contributed by atoms with Crippen LogP contribution in [-0.4, -0.2) is 37.6 Å². The first-order valence-corrected chi connectivity index (χ1v) is 9.42. The molecule has 0 aromatic heterocycles. The highest BCUT2D eigenvalue weighted by Crippen LogP contribution is 2.22. The largest absolute Gasteiger partial charge is 0.375 e. The molecule has 2 rings (SSSR count). The number of benzene rings is 2. The van der Waals surface area contributed by atoms with Crippen molar-refractivity contribution < 1.29 is 14.0 Å². The summed E-state index contributed by atoms with van der Waals surface area (Å²) in [6.45, 7) is 2.80. The molecule has 0 aliphatic heterocycles. The highest BCUT2D eigenvalue weighted by molar-refractivity contribution is 8.00. The lowest BCUT2D eigenvalue weighted by atomic mass is 10.1. The molecule has 138 valence electrons. The molecule has 0 bridgehead atoms. The molecular formula is C20H23FN2O2S. The third kappa shape index (κ3) is 6.19. The predicted molar refractivity (Wildman–Crippen MR) is 104 cm³/mol. The molecule has 2 aromatic carbocycles. The minimum Gasteiger partial charge on any atom is -0.375 e. The van der Waals surface area contributed by atoms with Crippen molar-refractivity contribution in [2.75, 3.05) is 30.8 Å². The Bertz CT molecular complexity index is 753. The molecule has 0 fully saturated rings. The van der Waals surface area contributed by atoms with E-state index in [0.29, 0.717) is 17.0 Å². The number of ketones is 1. The molecule has 0 atom stereocenters. The summed E-state index contributed by atoms with van der Waals surface area (Å²) in [6.07, 6.45) is 0.823. The van der Waals surface area contributed by atoms with E-state index >= 15 is 0 Å². The van der Waals surface area contributed by atoms with Gasteiger partial charge in [0.25, 0.3) is 0 Å². The van der Waals surface area contributed by atoms with E-state index in [-0.39, 0.29) is 17.4 Å². The first-order chi connectivity index (χ1) is 12.5. The number of nitrogens with zero attached hydrogens (tertiary/aromatic N) is 1. The van der Waals surface area contributed by atoms with Crippen molar-refractivity contribution in [3.8, 4) is 0 Å². The minimum absolute atomic E-state index is 0.132. The second kappa shape index (κ2) is 9.97. The number of rotatable bonds is 9. The summed E-state index contributed by atoms with van der Waals surface area (Å²) < 4.78 is 13.9. The maximum atomic E-state index is 13.9. The number of nitrogens with one attached hydrogen (secondary N) is 1. The van der Waals surface area contributed by atoms with E-state index in [2.05, 4.69) is 10.2 Å². The number of Topliss-reactive ketones (excluding diaryl/α,β-unsaturated/α-hetero) is 1. The highest BCUT2D eigenvalue weighted by atomic mass is 32.2. The van der Waals surface area contributed by atoms with Crippen LogP contribution in [-0.2, 0) is 4.79 Å². The van der Waals surface area contributed by atoms with Crippen molar-refractivity contribution >= 4 is 29.1 Å². The van der Waals surface area contributed by atoms with Crippen LogP contribution in [0.5, 0.6) is 0 Å². The first kappa shape index (κ1) is 20.0. The standard InChI is InChI=1S/C20H23FN2O2S/c1-15(24)16-9-10-19(18(21)13-16)26-14-20(25)22-11-6-12-23(2)17-7-4-3-5-8-17/h3-5,7-10,13H,6,11-12,14H2,1-2H3,(H,22,25). The van der Waals surface area contributed by atoms with Crippen LogP contribution in [0.1, 0.15) is 23.7 Å². The third-order valence-corrected chi connectivity index (χ3v) is 4.94. The number of thioether (sulfide) groups is 1. The highest BCUT2D eigenvalue weighted by Gasteiger charge is 2.09. The quantitative estimate of drug-likeness (QED) is 0.412. The molecule has 0 spiro atoms. The van der Waals surface area contributed by atoms with Gasteiger partial charge in [0, 0.05) is 36.3 Å². The lowest BCUT2D eigenvalue weighted by Crippen LogP contribution is -2.29. The number of para-hydroxylation sites is 1. The van der Waals surface area contributed by atoms with Crippen LogP contribution in [0.25, 0.3) is 0 Å². The monoisotopic (exact) mass is 374 g/mol. The maximum absolute atomic E-state index is 13.9. The molecule has 2 aromatic rings. The van der Waals surface area contributed by atoms with Crippen LogP contribution in [0.4, 0.5) is 10.1 Å². The zero-order valence-corrected chi connectivity index (χ0v) is 15.8. The van der Waals surface area contributed by atoms with Crippen LogP contribution >= 0.6 is 11.8 Å². The molecule has 0 aliphatic carbocycles. The summed E-state index contributed by atoms with van der Waals surface area (Å²) in [7, 11) is 2.01. The Morgan fingerprint density at radius 1 is 1.15 bits per heavy atom. The van der Waals surface area contributed by atoms with Gasteiger partial charge in [-0.2, -0.15) is 0 Å². The molecule has 0 aliphatic rings. The summed E-state index contributed by atoms with van der Waals surface area (Å²) in [5.41, 5.74) is 1.47. The van der Waals surface area contributed by atoms with Gasteiger partial charge in [-0.1, -0.05) is 24.3 Å². The summed E-state index contributed by atoms with van der Waals surface area (Å²) in [6, 6.07) is 14.4. The van der Waals surface area contributed by atoms with Crippen LogP contribution in [0.15, 0.2) is 53.4 Å². The summed E-state index contributed by atoms with van der Waals surface area (Å²) in [4.78, 5) is 25.6.